The molecular weight excluding hydrogens is 174 g/mol. The van der Waals surface area contributed by atoms with Crippen molar-refractivity contribution in [2.45, 2.75) is 6.54 Å². The smallest absolute Gasteiger partial charge is 0.224 e. The van der Waals surface area contributed by atoms with E-state index in [2.05, 4.69) is 15.5 Å². The number of ether oxygens (including phenoxy) is 2. The van der Waals surface area contributed by atoms with Crippen LogP contribution in [0.2, 0.25) is 0 Å². The van der Waals surface area contributed by atoms with E-state index in [0.717, 1.165) is 13.2 Å². The standard InChI is InChI=1S/C8H14NO2S/c1-10-5-6-11-4-2-9-3-7-12-8-9/h3,7-8H,2,4-6H2,1H3/q+1. The first-order chi connectivity index (χ1) is 5.93. The monoisotopic (exact) mass is 188 g/mol. The maximum atomic E-state index is 5.31. The molecular formula is C8H14NO2S+. The molecule has 0 spiro atoms. The van der Waals surface area contributed by atoms with Crippen molar-refractivity contribution in [3.63, 3.8) is 0 Å². The topological polar surface area (TPSA) is 22.3 Å². The van der Waals surface area contributed by atoms with E-state index in [4.69, 9.17) is 9.47 Å². The molecule has 0 fully saturated rings. The number of hydrogen-bond donors (Lipinski definition) is 0. The average Bonchev–Trinajstić information content (AvgIpc) is 2.57. The zero-order chi connectivity index (χ0) is 8.65. The molecule has 0 aliphatic heterocycles. The van der Waals surface area contributed by atoms with Crippen LogP contribution in [0.5, 0.6) is 0 Å². The zero-order valence-electron chi connectivity index (χ0n) is 7.23. The van der Waals surface area contributed by atoms with Crippen molar-refractivity contribution >= 4 is 11.3 Å². The lowest BCUT2D eigenvalue weighted by Gasteiger charge is -1.98. The summed E-state index contributed by atoms with van der Waals surface area (Å²) in [5.41, 5.74) is 2.07. The minimum atomic E-state index is 0.675. The Bertz CT molecular complexity index is 189. The Morgan fingerprint density at radius 3 is 2.92 bits per heavy atom. The van der Waals surface area contributed by atoms with E-state index in [9.17, 15) is 0 Å². The molecule has 1 heterocycles. The molecule has 0 unspecified atom stereocenters. The van der Waals surface area contributed by atoms with Crippen LogP contribution in [0.1, 0.15) is 0 Å². The minimum Gasteiger partial charge on any atom is -0.382 e. The molecule has 1 rings (SSSR count). The van der Waals surface area contributed by atoms with Gasteiger partial charge in [0.05, 0.1) is 18.6 Å². The van der Waals surface area contributed by atoms with Gasteiger partial charge in [-0.3, -0.25) is 0 Å². The molecule has 0 aliphatic rings. The molecule has 4 heteroatoms. The lowest BCUT2D eigenvalue weighted by atomic mass is 10.6. The van der Waals surface area contributed by atoms with E-state index < -0.39 is 0 Å². The highest BCUT2D eigenvalue weighted by Crippen LogP contribution is 1.87. The predicted molar refractivity (Wildman–Crippen MR) is 47.2 cm³/mol. The van der Waals surface area contributed by atoms with Crippen LogP contribution < -0.4 is 4.57 Å². The summed E-state index contributed by atoms with van der Waals surface area (Å²) < 4.78 is 12.3. The molecule has 0 saturated heterocycles. The fourth-order valence-corrected chi connectivity index (χ4v) is 1.43. The SMILES string of the molecule is COCCOCC[n+]1ccsc1. The van der Waals surface area contributed by atoms with Gasteiger partial charge in [-0.1, -0.05) is 11.3 Å². The summed E-state index contributed by atoms with van der Waals surface area (Å²) >= 11 is 1.69. The van der Waals surface area contributed by atoms with E-state index in [-0.39, 0.29) is 0 Å². The van der Waals surface area contributed by atoms with Crippen LogP contribution in [0.25, 0.3) is 0 Å². The highest BCUT2D eigenvalue weighted by molar-refractivity contribution is 7.07. The summed E-state index contributed by atoms with van der Waals surface area (Å²) in [5, 5.41) is 2.05. The Balaban J connectivity index is 1.96. The number of aromatic nitrogens is 1. The van der Waals surface area contributed by atoms with Crippen LogP contribution in [0, 0.1) is 0 Å². The first kappa shape index (κ1) is 9.64. The summed E-state index contributed by atoms with van der Waals surface area (Å²) in [6, 6.07) is 0. The van der Waals surface area contributed by atoms with Gasteiger partial charge in [-0.2, -0.15) is 4.57 Å². The number of nitrogens with zero attached hydrogens (tertiary/aromatic N) is 1. The van der Waals surface area contributed by atoms with Gasteiger partial charge in [-0.15, -0.1) is 0 Å². The molecule has 3 nitrogen and oxygen atoms in total. The molecule has 0 bridgehead atoms. The van der Waals surface area contributed by atoms with Crippen molar-refractivity contribution < 1.29 is 14.0 Å². The Morgan fingerprint density at radius 2 is 2.25 bits per heavy atom. The van der Waals surface area contributed by atoms with Crippen LogP contribution in [0.15, 0.2) is 17.1 Å². The summed E-state index contributed by atoms with van der Waals surface area (Å²) in [6.07, 6.45) is 2.05. The third-order valence-electron chi connectivity index (χ3n) is 1.45. The highest BCUT2D eigenvalue weighted by Gasteiger charge is 1.98. The predicted octanol–water partition coefficient (Wildman–Crippen LogP) is 0.699. The van der Waals surface area contributed by atoms with Crippen LogP contribution in [0.4, 0.5) is 0 Å². The van der Waals surface area contributed by atoms with Crippen molar-refractivity contribution in [3.8, 4) is 0 Å². The first-order valence-electron chi connectivity index (χ1n) is 3.91. The molecule has 0 saturated carbocycles. The van der Waals surface area contributed by atoms with Crippen LogP contribution in [-0.2, 0) is 16.0 Å². The molecule has 12 heavy (non-hydrogen) atoms. The van der Waals surface area contributed by atoms with Crippen molar-refractivity contribution in [2.75, 3.05) is 26.9 Å². The van der Waals surface area contributed by atoms with Crippen molar-refractivity contribution in [1.82, 2.24) is 0 Å². The van der Waals surface area contributed by atoms with E-state index in [1.165, 1.54) is 0 Å². The van der Waals surface area contributed by atoms with Crippen LogP contribution in [0.3, 0.4) is 0 Å². The van der Waals surface area contributed by atoms with Gasteiger partial charge in [0, 0.05) is 7.11 Å². The zero-order valence-corrected chi connectivity index (χ0v) is 8.05. The fraction of sp³-hybridized carbons (Fsp3) is 0.625. The minimum absolute atomic E-state index is 0.675. The molecule has 0 aromatic carbocycles. The van der Waals surface area contributed by atoms with Gasteiger partial charge >= 0.3 is 0 Å². The number of methoxy groups -OCH3 is 1. The van der Waals surface area contributed by atoms with Crippen molar-refractivity contribution in [3.05, 3.63) is 17.1 Å². The quantitative estimate of drug-likeness (QED) is 0.484. The maximum Gasteiger partial charge on any atom is 0.224 e. The Hall–Kier alpha value is -0.450. The molecule has 0 radical (unpaired) electrons. The normalized spacial score (nSPS) is 10.4. The van der Waals surface area contributed by atoms with Crippen LogP contribution in [-0.4, -0.2) is 26.9 Å². The van der Waals surface area contributed by atoms with Crippen LogP contribution >= 0.6 is 11.3 Å². The third kappa shape index (κ3) is 3.80. The lowest BCUT2D eigenvalue weighted by Crippen LogP contribution is -2.32. The Kier molecular flexibility index (Phi) is 4.91. The van der Waals surface area contributed by atoms with Crippen molar-refractivity contribution in [2.24, 2.45) is 0 Å². The molecule has 0 atom stereocenters. The molecule has 0 N–H and O–H groups in total. The van der Waals surface area contributed by atoms with Gasteiger partial charge in [0.2, 0.25) is 5.51 Å². The lowest BCUT2D eigenvalue weighted by molar-refractivity contribution is -0.693. The maximum absolute atomic E-state index is 5.31. The Labute approximate surface area is 76.6 Å². The average molecular weight is 188 g/mol. The second kappa shape index (κ2) is 6.11. The Morgan fingerprint density at radius 1 is 1.33 bits per heavy atom. The number of thiazole rings is 1. The van der Waals surface area contributed by atoms with Gasteiger partial charge in [0.1, 0.15) is 6.61 Å². The second-order valence-electron chi connectivity index (χ2n) is 2.37. The van der Waals surface area contributed by atoms with Gasteiger partial charge in [0.15, 0.2) is 12.7 Å². The molecule has 0 amide bonds. The van der Waals surface area contributed by atoms with E-state index in [1.807, 2.05) is 6.20 Å². The molecule has 68 valence electrons. The number of hydrogen-bond acceptors (Lipinski definition) is 3. The van der Waals surface area contributed by atoms with E-state index in [0.29, 0.717) is 13.2 Å². The highest BCUT2D eigenvalue weighted by atomic mass is 32.1. The fourth-order valence-electron chi connectivity index (χ4n) is 0.803. The summed E-state index contributed by atoms with van der Waals surface area (Å²) in [6.45, 7) is 3.04. The van der Waals surface area contributed by atoms with Gasteiger partial charge in [0.25, 0.3) is 0 Å². The van der Waals surface area contributed by atoms with Crippen molar-refractivity contribution in [1.29, 1.82) is 0 Å². The van der Waals surface area contributed by atoms with E-state index in [1.54, 1.807) is 18.4 Å². The summed E-state index contributed by atoms with van der Waals surface area (Å²) in [7, 11) is 1.68. The van der Waals surface area contributed by atoms with Gasteiger partial charge < -0.3 is 9.47 Å². The van der Waals surface area contributed by atoms with Gasteiger partial charge in [-0.05, 0) is 0 Å². The second-order valence-corrected chi connectivity index (χ2v) is 3.12. The first-order valence-corrected chi connectivity index (χ1v) is 4.85. The molecule has 1 aromatic heterocycles. The van der Waals surface area contributed by atoms with Gasteiger partial charge in [-0.25, -0.2) is 0 Å². The molecule has 0 aliphatic carbocycles. The number of rotatable bonds is 6. The largest absolute Gasteiger partial charge is 0.382 e. The van der Waals surface area contributed by atoms with E-state index >= 15 is 0 Å². The summed E-state index contributed by atoms with van der Waals surface area (Å²) in [5.74, 6) is 0. The third-order valence-corrected chi connectivity index (χ3v) is 2.12. The summed E-state index contributed by atoms with van der Waals surface area (Å²) in [4.78, 5) is 0. The molecule has 1 aromatic rings.